The lowest BCUT2D eigenvalue weighted by Crippen LogP contribution is -2.39. The Kier molecular flexibility index (Phi) is 5.94. The summed E-state index contributed by atoms with van der Waals surface area (Å²) >= 11 is 0. The minimum atomic E-state index is -0.188. The Hall–Kier alpha value is -3.08. The van der Waals surface area contributed by atoms with Gasteiger partial charge in [0.05, 0.1) is 0 Å². The van der Waals surface area contributed by atoms with E-state index >= 15 is 0 Å². The van der Waals surface area contributed by atoms with Crippen LogP contribution in [0.2, 0.25) is 0 Å². The molecule has 3 aromatic rings. The van der Waals surface area contributed by atoms with Gasteiger partial charge in [-0.15, -0.1) is 0 Å². The second kappa shape index (κ2) is 8.95. The molecule has 150 valence electrons. The molecule has 1 atom stereocenters. The number of para-hydroxylation sites is 2. The number of carbonyl (C=O) groups excluding carboxylic acids is 1. The Morgan fingerprint density at radius 3 is 2.79 bits per heavy atom. The third-order valence-corrected chi connectivity index (χ3v) is 5.48. The zero-order chi connectivity index (χ0) is 20.1. The number of hydrogen-bond acceptors (Lipinski definition) is 4. The second-order valence-electron chi connectivity index (χ2n) is 7.45. The van der Waals surface area contributed by atoms with Gasteiger partial charge in [0.2, 0.25) is 0 Å². The SMILES string of the molecule is CCC1CCCCN1c1ccc2cccc(OCC(=O)Nc3ccccc3)c2n1. The summed E-state index contributed by atoms with van der Waals surface area (Å²) in [6, 6.07) is 20.0. The van der Waals surface area contributed by atoms with Crippen molar-refractivity contribution in [2.75, 3.05) is 23.4 Å². The van der Waals surface area contributed by atoms with Crippen molar-refractivity contribution in [2.45, 2.75) is 38.6 Å². The molecule has 1 aliphatic heterocycles. The van der Waals surface area contributed by atoms with Gasteiger partial charge in [-0.3, -0.25) is 4.79 Å². The average molecular weight is 389 g/mol. The number of aromatic nitrogens is 1. The number of hydrogen-bond donors (Lipinski definition) is 1. The highest BCUT2D eigenvalue weighted by Crippen LogP contribution is 2.30. The standard InChI is InChI=1S/C24H27N3O2/c1-2-20-12-6-7-16-27(20)22-15-14-18-9-8-13-21(24(18)26-22)29-17-23(28)25-19-10-4-3-5-11-19/h3-5,8-11,13-15,20H,2,6-7,12,16-17H2,1H3,(H,25,28). The summed E-state index contributed by atoms with van der Waals surface area (Å²) in [5.41, 5.74) is 1.56. The van der Waals surface area contributed by atoms with Crippen molar-refractivity contribution < 1.29 is 9.53 Å². The summed E-state index contributed by atoms with van der Waals surface area (Å²) < 4.78 is 5.86. The summed E-state index contributed by atoms with van der Waals surface area (Å²) in [5.74, 6) is 1.44. The largest absolute Gasteiger partial charge is 0.481 e. The van der Waals surface area contributed by atoms with Gasteiger partial charge in [-0.05, 0) is 56.0 Å². The number of carbonyl (C=O) groups is 1. The first-order valence-electron chi connectivity index (χ1n) is 10.4. The van der Waals surface area contributed by atoms with E-state index in [4.69, 9.17) is 9.72 Å². The van der Waals surface area contributed by atoms with Crippen molar-refractivity contribution in [1.82, 2.24) is 4.98 Å². The van der Waals surface area contributed by atoms with Crippen molar-refractivity contribution >= 4 is 28.3 Å². The fraction of sp³-hybridized carbons (Fsp3) is 0.333. The predicted octanol–water partition coefficient (Wildman–Crippen LogP) is 5.02. The maximum absolute atomic E-state index is 12.3. The van der Waals surface area contributed by atoms with E-state index in [1.165, 1.54) is 19.3 Å². The van der Waals surface area contributed by atoms with E-state index in [1.54, 1.807) is 0 Å². The Bertz CT molecular complexity index is 974. The predicted molar refractivity (Wildman–Crippen MR) is 118 cm³/mol. The number of anilines is 2. The van der Waals surface area contributed by atoms with E-state index in [2.05, 4.69) is 29.3 Å². The van der Waals surface area contributed by atoms with Crippen LogP contribution in [0, 0.1) is 0 Å². The number of ether oxygens (including phenoxy) is 1. The molecule has 0 radical (unpaired) electrons. The number of nitrogens with one attached hydrogen (secondary N) is 1. The minimum absolute atomic E-state index is 0.0544. The first-order valence-corrected chi connectivity index (χ1v) is 10.4. The molecule has 1 saturated heterocycles. The van der Waals surface area contributed by atoms with Crippen molar-refractivity contribution in [3.05, 3.63) is 60.7 Å². The number of pyridine rings is 1. The fourth-order valence-corrected chi connectivity index (χ4v) is 3.97. The topological polar surface area (TPSA) is 54.5 Å². The van der Waals surface area contributed by atoms with Gasteiger partial charge in [-0.25, -0.2) is 4.98 Å². The van der Waals surface area contributed by atoms with Crippen LogP contribution in [0.25, 0.3) is 10.9 Å². The van der Waals surface area contributed by atoms with Crippen LogP contribution in [0.4, 0.5) is 11.5 Å². The molecule has 2 heterocycles. The maximum Gasteiger partial charge on any atom is 0.262 e. The number of benzene rings is 2. The van der Waals surface area contributed by atoms with E-state index in [-0.39, 0.29) is 12.5 Å². The average Bonchev–Trinajstić information content (AvgIpc) is 2.78. The summed E-state index contributed by atoms with van der Waals surface area (Å²) in [6.45, 7) is 3.23. The van der Waals surface area contributed by atoms with Gasteiger partial charge in [0.25, 0.3) is 5.91 Å². The summed E-state index contributed by atoms with van der Waals surface area (Å²) in [4.78, 5) is 19.6. The van der Waals surface area contributed by atoms with Crippen molar-refractivity contribution in [3.63, 3.8) is 0 Å². The van der Waals surface area contributed by atoms with Gasteiger partial charge in [-0.2, -0.15) is 0 Å². The molecule has 1 fully saturated rings. The number of rotatable bonds is 6. The smallest absolute Gasteiger partial charge is 0.262 e. The number of nitrogens with zero attached hydrogens (tertiary/aromatic N) is 2. The number of fused-ring (bicyclic) bond motifs is 1. The highest BCUT2D eigenvalue weighted by molar-refractivity contribution is 5.92. The Balaban J connectivity index is 1.52. The van der Waals surface area contributed by atoms with Gasteiger partial charge in [0.1, 0.15) is 17.1 Å². The van der Waals surface area contributed by atoms with Crippen LogP contribution in [0.5, 0.6) is 5.75 Å². The molecule has 0 bridgehead atoms. The quantitative estimate of drug-likeness (QED) is 0.643. The normalized spacial score (nSPS) is 16.6. The third kappa shape index (κ3) is 4.50. The van der Waals surface area contributed by atoms with Crippen LogP contribution >= 0.6 is 0 Å². The second-order valence-corrected chi connectivity index (χ2v) is 7.45. The van der Waals surface area contributed by atoms with Crippen molar-refractivity contribution in [3.8, 4) is 5.75 Å². The van der Waals surface area contributed by atoms with Crippen LogP contribution in [-0.4, -0.2) is 30.1 Å². The summed E-state index contributed by atoms with van der Waals surface area (Å²) in [6.07, 6.45) is 4.83. The first-order chi connectivity index (χ1) is 14.2. The Morgan fingerprint density at radius 2 is 1.97 bits per heavy atom. The molecule has 0 aliphatic carbocycles. The molecular weight excluding hydrogens is 362 g/mol. The van der Waals surface area contributed by atoms with Crippen molar-refractivity contribution in [1.29, 1.82) is 0 Å². The minimum Gasteiger partial charge on any atom is -0.481 e. The fourth-order valence-electron chi connectivity index (χ4n) is 3.97. The Labute approximate surface area is 171 Å². The molecule has 1 unspecified atom stereocenters. The van der Waals surface area contributed by atoms with E-state index in [9.17, 15) is 4.79 Å². The van der Waals surface area contributed by atoms with Crippen LogP contribution in [0.1, 0.15) is 32.6 Å². The third-order valence-electron chi connectivity index (χ3n) is 5.48. The monoisotopic (exact) mass is 389 g/mol. The molecule has 0 saturated carbocycles. The van der Waals surface area contributed by atoms with Crippen LogP contribution < -0.4 is 15.0 Å². The molecule has 0 spiro atoms. The van der Waals surface area contributed by atoms with Gasteiger partial charge in [0.15, 0.2) is 6.61 Å². The van der Waals surface area contributed by atoms with Crippen molar-refractivity contribution in [2.24, 2.45) is 0 Å². The lowest BCUT2D eigenvalue weighted by molar-refractivity contribution is -0.118. The zero-order valence-corrected chi connectivity index (χ0v) is 16.8. The maximum atomic E-state index is 12.3. The molecule has 1 amide bonds. The molecule has 1 N–H and O–H groups in total. The van der Waals surface area contributed by atoms with Gasteiger partial charge < -0.3 is 15.0 Å². The molecule has 5 nitrogen and oxygen atoms in total. The zero-order valence-electron chi connectivity index (χ0n) is 16.8. The van der Waals surface area contributed by atoms with E-state index in [0.717, 1.165) is 35.4 Å². The molecule has 29 heavy (non-hydrogen) atoms. The van der Waals surface area contributed by atoms with Crippen LogP contribution in [-0.2, 0) is 4.79 Å². The number of amides is 1. The van der Waals surface area contributed by atoms with Crippen LogP contribution in [0.15, 0.2) is 60.7 Å². The lowest BCUT2D eigenvalue weighted by atomic mass is 10.00. The molecular formula is C24H27N3O2. The summed E-state index contributed by atoms with van der Waals surface area (Å²) in [5, 5.41) is 3.86. The molecule has 2 aromatic carbocycles. The highest BCUT2D eigenvalue weighted by Gasteiger charge is 2.22. The van der Waals surface area contributed by atoms with Gasteiger partial charge >= 0.3 is 0 Å². The van der Waals surface area contributed by atoms with Crippen LogP contribution in [0.3, 0.4) is 0 Å². The molecule has 1 aliphatic rings. The highest BCUT2D eigenvalue weighted by atomic mass is 16.5. The first kappa shape index (κ1) is 19.2. The lowest BCUT2D eigenvalue weighted by Gasteiger charge is -2.36. The summed E-state index contributed by atoms with van der Waals surface area (Å²) in [7, 11) is 0. The van der Waals surface area contributed by atoms with E-state index in [0.29, 0.717) is 11.8 Å². The molecule has 1 aromatic heterocycles. The van der Waals surface area contributed by atoms with Gasteiger partial charge in [0, 0.05) is 23.7 Å². The molecule has 5 heteroatoms. The molecule has 4 rings (SSSR count). The number of piperidine rings is 1. The Morgan fingerprint density at radius 1 is 1.10 bits per heavy atom. The van der Waals surface area contributed by atoms with E-state index < -0.39 is 0 Å². The van der Waals surface area contributed by atoms with E-state index in [1.807, 2.05) is 48.5 Å². The van der Waals surface area contributed by atoms with Gasteiger partial charge in [-0.1, -0.05) is 37.3 Å².